The van der Waals surface area contributed by atoms with Crippen molar-refractivity contribution in [2.45, 2.75) is 85.2 Å². The molecule has 3 rings (SSSR count). The van der Waals surface area contributed by atoms with Crippen LogP contribution in [0.4, 0.5) is 0 Å². The van der Waals surface area contributed by atoms with Gasteiger partial charge in [-0.25, -0.2) is 0 Å². The maximum absolute atomic E-state index is 12.4. The van der Waals surface area contributed by atoms with Gasteiger partial charge < -0.3 is 9.84 Å². The fourth-order valence-corrected chi connectivity index (χ4v) is 4.98. The molecule has 0 heterocycles. The van der Waals surface area contributed by atoms with Crippen molar-refractivity contribution >= 4 is 11.8 Å². The quantitative estimate of drug-likeness (QED) is 0.177. The molecule has 0 bridgehead atoms. The molecule has 0 aliphatic rings. The Balaban J connectivity index is 1.74. The van der Waals surface area contributed by atoms with Crippen molar-refractivity contribution in [2.24, 2.45) is 0 Å². The Labute approximate surface area is 221 Å². The number of Topliss-reactive ketones (excluding diaryl/α,β-unsaturated/α-hetero) is 1. The highest BCUT2D eigenvalue weighted by atomic mass is 16.5. The van der Waals surface area contributed by atoms with E-state index in [1.807, 2.05) is 36.4 Å². The Kier molecular flexibility index (Phi) is 10.5. The number of carbonyl (C=O) groups is 2. The average Bonchev–Trinajstić information content (AvgIpc) is 2.86. The van der Waals surface area contributed by atoms with Gasteiger partial charge in [-0.05, 0) is 80.0 Å². The van der Waals surface area contributed by atoms with Crippen molar-refractivity contribution in [3.63, 3.8) is 0 Å². The van der Waals surface area contributed by atoms with Gasteiger partial charge in [0.1, 0.15) is 11.9 Å². The number of benzene rings is 3. The van der Waals surface area contributed by atoms with Gasteiger partial charge in [-0.2, -0.15) is 0 Å². The molecule has 0 aliphatic carbocycles. The normalized spacial score (nSPS) is 11.8. The summed E-state index contributed by atoms with van der Waals surface area (Å²) >= 11 is 0. The van der Waals surface area contributed by atoms with Gasteiger partial charge >= 0.3 is 5.97 Å². The molecular weight excluding hydrogens is 460 g/mol. The molecule has 0 saturated heterocycles. The molecule has 0 saturated carbocycles. The second-order valence-electron chi connectivity index (χ2n) is 10.0. The third-order valence-electron chi connectivity index (χ3n) is 6.82. The zero-order valence-corrected chi connectivity index (χ0v) is 22.7. The number of ketones is 1. The van der Waals surface area contributed by atoms with Crippen molar-refractivity contribution in [2.75, 3.05) is 0 Å². The maximum Gasteiger partial charge on any atom is 0.303 e. The standard InChI is InChI=1S/C33H40O4/c1-5-6-7-8-11-31(27-15-13-26(14-16-27)30(34)10-9-12-32(35)36)37-29-19-17-28(18-20-29)33-24(3)21-23(2)22-25(33)4/h13-22,31H,5-12H2,1-4H3,(H,35,36). The SMILES string of the molecule is CCCCCCC(Oc1ccc(-c2c(C)cc(C)cc2C)cc1)c1ccc(C(=O)CCCC(=O)O)cc1. The first-order valence-electron chi connectivity index (χ1n) is 13.5. The molecule has 0 fully saturated rings. The highest BCUT2D eigenvalue weighted by Gasteiger charge is 2.16. The first-order valence-corrected chi connectivity index (χ1v) is 13.5. The molecule has 3 aromatic carbocycles. The van der Waals surface area contributed by atoms with Crippen molar-refractivity contribution in [3.05, 3.63) is 88.5 Å². The number of rotatable bonds is 14. The largest absolute Gasteiger partial charge is 0.486 e. The van der Waals surface area contributed by atoms with Gasteiger partial charge in [-0.3, -0.25) is 9.59 Å². The first-order chi connectivity index (χ1) is 17.8. The lowest BCUT2D eigenvalue weighted by Gasteiger charge is -2.21. The summed E-state index contributed by atoms with van der Waals surface area (Å²) in [4.78, 5) is 23.2. The summed E-state index contributed by atoms with van der Waals surface area (Å²) in [6, 6.07) is 20.4. The summed E-state index contributed by atoms with van der Waals surface area (Å²) < 4.78 is 6.49. The molecule has 4 heteroatoms. The van der Waals surface area contributed by atoms with Crippen LogP contribution in [0, 0.1) is 20.8 Å². The van der Waals surface area contributed by atoms with Gasteiger partial charge in [0.25, 0.3) is 0 Å². The topological polar surface area (TPSA) is 63.6 Å². The zero-order valence-electron chi connectivity index (χ0n) is 22.7. The lowest BCUT2D eigenvalue weighted by molar-refractivity contribution is -0.137. The van der Waals surface area contributed by atoms with E-state index in [-0.39, 0.29) is 24.7 Å². The Bertz CT molecular complexity index is 1150. The van der Waals surface area contributed by atoms with Crippen LogP contribution in [0.3, 0.4) is 0 Å². The smallest absolute Gasteiger partial charge is 0.303 e. The van der Waals surface area contributed by atoms with Crippen LogP contribution in [0.1, 0.15) is 97.0 Å². The van der Waals surface area contributed by atoms with E-state index in [2.05, 4.69) is 52.0 Å². The molecule has 0 radical (unpaired) electrons. The van der Waals surface area contributed by atoms with Gasteiger partial charge in [0.05, 0.1) is 0 Å². The van der Waals surface area contributed by atoms with Gasteiger partial charge in [0.2, 0.25) is 0 Å². The van der Waals surface area contributed by atoms with E-state index >= 15 is 0 Å². The number of carbonyl (C=O) groups excluding carboxylic acids is 1. The third kappa shape index (κ3) is 8.31. The second-order valence-corrected chi connectivity index (χ2v) is 10.0. The fraction of sp³-hybridized carbons (Fsp3) is 0.394. The van der Waals surface area contributed by atoms with Crippen LogP contribution in [-0.4, -0.2) is 16.9 Å². The lowest BCUT2D eigenvalue weighted by Crippen LogP contribution is -2.09. The van der Waals surface area contributed by atoms with E-state index in [1.165, 1.54) is 47.1 Å². The number of unbranched alkanes of at least 4 members (excludes halogenated alkanes) is 3. The average molecular weight is 501 g/mol. The van der Waals surface area contributed by atoms with Gasteiger partial charge in [0, 0.05) is 18.4 Å². The molecule has 1 N–H and O–H groups in total. The minimum absolute atomic E-state index is 0.0132. The van der Waals surface area contributed by atoms with Crippen LogP contribution in [0.5, 0.6) is 5.75 Å². The number of aryl methyl sites for hydroxylation is 3. The first kappa shape index (κ1) is 28.2. The monoisotopic (exact) mass is 500 g/mol. The summed E-state index contributed by atoms with van der Waals surface area (Å²) in [5.41, 5.74) is 7.96. The fourth-order valence-electron chi connectivity index (χ4n) is 4.98. The number of hydrogen-bond donors (Lipinski definition) is 1. The number of ether oxygens (including phenoxy) is 1. The highest BCUT2D eigenvalue weighted by Crippen LogP contribution is 2.32. The predicted molar refractivity (Wildman–Crippen MR) is 150 cm³/mol. The molecule has 37 heavy (non-hydrogen) atoms. The molecule has 0 aromatic heterocycles. The summed E-state index contributed by atoms with van der Waals surface area (Å²) in [5.74, 6) is -0.0608. The van der Waals surface area contributed by atoms with Crippen LogP contribution >= 0.6 is 0 Å². The molecule has 0 aliphatic heterocycles. The van der Waals surface area contributed by atoms with E-state index < -0.39 is 5.97 Å². The van der Waals surface area contributed by atoms with Crippen LogP contribution in [0.15, 0.2) is 60.7 Å². The Morgan fingerprint density at radius 1 is 0.811 bits per heavy atom. The Morgan fingerprint density at radius 2 is 1.46 bits per heavy atom. The van der Waals surface area contributed by atoms with Crippen molar-refractivity contribution in [3.8, 4) is 16.9 Å². The number of carboxylic acids is 1. The van der Waals surface area contributed by atoms with E-state index in [9.17, 15) is 9.59 Å². The van der Waals surface area contributed by atoms with Crippen LogP contribution in [0.25, 0.3) is 11.1 Å². The molecule has 3 aromatic rings. The molecule has 1 unspecified atom stereocenters. The number of hydrogen-bond acceptors (Lipinski definition) is 3. The number of carboxylic acid groups (broad SMARTS) is 1. The van der Waals surface area contributed by atoms with E-state index in [4.69, 9.17) is 9.84 Å². The zero-order chi connectivity index (χ0) is 26.8. The van der Waals surface area contributed by atoms with Crippen molar-refractivity contribution < 1.29 is 19.4 Å². The van der Waals surface area contributed by atoms with Gasteiger partial charge in [-0.1, -0.05) is 80.3 Å². The van der Waals surface area contributed by atoms with Crippen molar-refractivity contribution in [1.29, 1.82) is 0 Å². The Morgan fingerprint density at radius 3 is 2.05 bits per heavy atom. The molecule has 0 spiro atoms. The number of aliphatic carboxylic acids is 1. The molecule has 196 valence electrons. The summed E-state index contributed by atoms with van der Waals surface area (Å²) in [7, 11) is 0. The summed E-state index contributed by atoms with van der Waals surface area (Å²) in [6.45, 7) is 8.65. The predicted octanol–water partition coefficient (Wildman–Crippen LogP) is 8.81. The molecule has 4 nitrogen and oxygen atoms in total. The minimum atomic E-state index is -0.872. The maximum atomic E-state index is 12.4. The van der Waals surface area contributed by atoms with E-state index in [0.29, 0.717) is 12.0 Å². The summed E-state index contributed by atoms with van der Waals surface area (Å²) in [5, 5.41) is 8.80. The Hall–Kier alpha value is -3.40. The second kappa shape index (κ2) is 13.8. The lowest BCUT2D eigenvalue weighted by atomic mass is 9.94. The van der Waals surface area contributed by atoms with Crippen molar-refractivity contribution in [1.82, 2.24) is 0 Å². The van der Waals surface area contributed by atoms with Gasteiger partial charge in [0.15, 0.2) is 5.78 Å². The van der Waals surface area contributed by atoms with Gasteiger partial charge in [-0.15, -0.1) is 0 Å². The van der Waals surface area contributed by atoms with E-state index in [1.54, 1.807) is 0 Å². The summed E-state index contributed by atoms with van der Waals surface area (Å²) in [6.07, 6.45) is 6.07. The van der Waals surface area contributed by atoms with E-state index in [0.717, 1.165) is 24.2 Å². The molecular formula is C33H40O4. The minimum Gasteiger partial charge on any atom is -0.486 e. The third-order valence-corrected chi connectivity index (χ3v) is 6.82. The molecule has 0 amide bonds. The van der Waals surface area contributed by atoms with Crippen LogP contribution < -0.4 is 4.74 Å². The van der Waals surface area contributed by atoms with Crippen LogP contribution in [-0.2, 0) is 4.79 Å². The van der Waals surface area contributed by atoms with Crippen LogP contribution in [0.2, 0.25) is 0 Å². The molecule has 1 atom stereocenters. The highest BCUT2D eigenvalue weighted by molar-refractivity contribution is 5.96.